The van der Waals surface area contributed by atoms with Crippen LogP contribution >= 0.6 is 11.6 Å². The smallest absolute Gasteiger partial charge is 0.271 e. The second kappa shape index (κ2) is 7.65. The first-order valence-electron chi connectivity index (χ1n) is 6.87. The van der Waals surface area contributed by atoms with Crippen molar-refractivity contribution in [1.82, 2.24) is 5.43 Å². The minimum Gasteiger partial charge on any atom is -0.493 e. The lowest BCUT2D eigenvalue weighted by Crippen LogP contribution is -2.19. The molecule has 2 aromatic carbocycles. The third kappa shape index (κ3) is 4.23. The Morgan fingerprint density at radius 3 is 2.43 bits per heavy atom. The second-order valence-corrected chi connectivity index (χ2v) is 5.15. The Balaban J connectivity index is 2.15. The van der Waals surface area contributed by atoms with E-state index in [4.69, 9.17) is 21.1 Å². The van der Waals surface area contributed by atoms with Crippen LogP contribution in [0.3, 0.4) is 0 Å². The molecule has 0 saturated carbocycles. The molecule has 0 unspecified atom stereocenters. The van der Waals surface area contributed by atoms with Crippen molar-refractivity contribution in [3.8, 4) is 11.5 Å². The van der Waals surface area contributed by atoms with Crippen LogP contribution in [0.15, 0.2) is 47.6 Å². The Morgan fingerprint density at radius 1 is 1.04 bits per heavy atom. The number of hydrazone groups is 1. The topological polar surface area (TPSA) is 59.9 Å². The van der Waals surface area contributed by atoms with Crippen molar-refractivity contribution in [2.24, 2.45) is 5.10 Å². The molecule has 0 aliphatic heterocycles. The van der Waals surface area contributed by atoms with Crippen LogP contribution in [0.5, 0.6) is 11.5 Å². The van der Waals surface area contributed by atoms with Crippen LogP contribution < -0.4 is 14.9 Å². The van der Waals surface area contributed by atoms with Gasteiger partial charge in [-0.2, -0.15) is 5.10 Å². The summed E-state index contributed by atoms with van der Waals surface area (Å²) in [7, 11) is 3.14. The van der Waals surface area contributed by atoms with Crippen molar-refractivity contribution in [2.45, 2.75) is 6.92 Å². The highest BCUT2D eigenvalue weighted by molar-refractivity contribution is 6.30. The predicted octanol–water partition coefficient (Wildman–Crippen LogP) is 3.51. The molecule has 0 radical (unpaired) electrons. The number of nitrogens with zero attached hydrogens (tertiary/aromatic N) is 1. The Bertz CT molecular complexity index is 744. The molecular formula is C17H17ClN2O3. The maximum absolute atomic E-state index is 12.0. The molecule has 0 aromatic heterocycles. The van der Waals surface area contributed by atoms with Gasteiger partial charge in [-0.1, -0.05) is 17.7 Å². The molecule has 1 amide bonds. The van der Waals surface area contributed by atoms with Crippen LogP contribution in [0.1, 0.15) is 22.8 Å². The van der Waals surface area contributed by atoms with E-state index in [9.17, 15) is 4.79 Å². The van der Waals surface area contributed by atoms with Crippen LogP contribution in [-0.4, -0.2) is 25.8 Å². The molecule has 0 heterocycles. The van der Waals surface area contributed by atoms with Crippen LogP contribution in [0, 0.1) is 0 Å². The van der Waals surface area contributed by atoms with Crippen molar-refractivity contribution in [1.29, 1.82) is 0 Å². The summed E-state index contributed by atoms with van der Waals surface area (Å²) < 4.78 is 10.4. The number of halogens is 1. The molecule has 5 nitrogen and oxygen atoms in total. The average Bonchev–Trinajstić information content (AvgIpc) is 2.58. The van der Waals surface area contributed by atoms with Crippen molar-refractivity contribution in [3.05, 3.63) is 58.6 Å². The van der Waals surface area contributed by atoms with Gasteiger partial charge in [-0.3, -0.25) is 4.79 Å². The van der Waals surface area contributed by atoms with E-state index in [0.29, 0.717) is 27.8 Å². The first kappa shape index (κ1) is 16.8. The van der Waals surface area contributed by atoms with E-state index in [1.54, 1.807) is 57.5 Å². The third-order valence-electron chi connectivity index (χ3n) is 3.21. The number of nitrogens with one attached hydrogen (secondary N) is 1. The number of carbonyl (C=O) groups is 1. The van der Waals surface area contributed by atoms with Crippen LogP contribution in [0.25, 0.3) is 0 Å². The van der Waals surface area contributed by atoms with E-state index < -0.39 is 0 Å². The summed E-state index contributed by atoms with van der Waals surface area (Å²) in [6.07, 6.45) is 0. The molecule has 0 atom stereocenters. The Labute approximate surface area is 139 Å². The molecule has 0 spiro atoms. The SMILES string of the molecule is COc1ccc(C(C)=NNC(=O)c2cccc(Cl)c2)cc1OC. The summed E-state index contributed by atoms with van der Waals surface area (Å²) in [5, 5.41) is 4.61. The zero-order chi connectivity index (χ0) is 16.8. The molecule has 2 aromatic rings. The molecule has 0 bridgehead atoms. The van der Waals surface area contributed by atoms with Gasteiger partial charge in [-0.15, -0.1) is 0 Å². The number of hydrogen-bond donors (Lipinski definition) is 1. The van der Waals surface area contributed by atoms with Gasteiger partial charge in [0.2, 0.25) is 0 Å². The highest BCUT2D eigenvalue weighted by Crippen LogP contribution is 2.27. The lowest BCUT2D eigenvalue weighted by molar-refractivity contribution is 0.0955. The van der Waals surface area contributed by atoms with E-state index in [1.165, 1.54) is 0 Å². The number of amides is 1. The first-order valence-corrected chi connectivity index (χ1v) is 7.25. The molecule has 120 valence electrons. The molecule has 6 heteroatoms. The fraction of sp³-hybridized carbons (Fsp3) is 0.176. The predicted molar refractivity (Wildman–Crippen MR) is 90.7 cm³/mol. The zero-order valence-corrected chi connectivity index (χ0v) is 13.8. The normalized spacial score (nSPS) is 11.0. The maximum Gasteiger partial charge on any atom is 0.271 e. The van der Waals surface area contributed by atoms with Gasteiger partial charge < -0.3 is 9.47 Å². The Hall–Kier alpha value is -2.53. The average molecular weight is 333 g/mol. The summed E-state index contributed by atoms with van der Waals surface area (Å²) in [6, 6.07) is 12.1. The minimum atomic E-state index is -0.327. The number of carbonyl (C=O) groups excluding carboxylic acids is 1. The van der Waals surface area contributed by atoms with Crippen LogP contribution in [-0.2, 0) is 0 Å². The van der Waals surface area contributed by atoms with Crippen molar-refractivity contribution < 1.29 is 14.3 Å². The van der Waals surface area contributed by atoms with Gasteiger partial charge in [0, 0.05) is 16.1 Å². The van der Waals surface area contributed by atoms with Gasteiger partial charge in [0.25, 0.3) is 5.91 Å². The number of methoxy groups -OCH3 is 2. The summed E-state index contributed by atoms with van der Waals surface area (Å²) >= 11 is 5.87. The van der Waals surface area contributed by atoms with Gasteiger partial charge in [-0.05, 0) is 43.3 Å². The van der Waals surface area contributed by atoms with Crippen LogP contribution in [0.4, 0.5) is 0 Å². The molecule has 0 fully saturated rings. The van der Waals surface area contributed by atoms with E-state index >= 15 is 0 Å². The summed E-state index contributed by atoms with van der Waals surface area (Å²) in [6.45, 7) is 1.79. The summed E-state index contributed by atoms with van der Waals surface area (Å²) in [4.78, 5) is 12.0. The number of benzene rings is 2. The standard InChI is InChI=1S/C17H17ClN2O3/c1-11(12-7-8-15(22-2)16(10-12)23-3)19-20-17(21)13-5-4-6-14(18)9-13/h4-10H,1-3H3,(H,20,21). The van der Waals surface area contributed by atoms with Gasteiger partial charge in [0.1, 0.15) is 0 Å². The van der Waals surface area contributed by atoms with E-state index in [-0.39, 0.29) is 5.91 Å². The van der Waals surface area contributed by atoms with E-state index in [2.05, 4.69) is 10.5 Å². The summed E-state index contributed by atoms with van der Waals surface area (Å²) in [5.74, 6) is 0.903. The Kier molecular flexibility index (Phi) is 5.60. The molecule has 23 heavy (non-hydrogen) atoms. The number of hydrogen-bond acceptors (Lipinski definition) is 4. The van der Waals surface area contributed by atoms with Crippen molar-refractivity contribution in [3.63, 3.8) is 0 Å². The number of ether oxygens (including phenoxy) is 2. The molecule has 2 rings (SSSR count). The summed E-state index contributed by atoms with van der Waals surface area (Å²) in [5.41, 5.74) is 4.41. The monoisotopic (exact) mass is 332 g/mol. The second-order valence-electron chi connectivity index (χ2n) is 4.72. The molecule has 0 aliphatic carbocycles. The van der Waals surface area contributed by atoms with Crippen molar-refractivity contribution >= 4 is 23.2 Å². The van der Waals surface area contributed by atoms with E-state index in [0.717, 1.165) is 5.56 Å². The Morgan fingerprint density at radius 2 is 1.78 bits per heavy atom. The largest absolute Gasteiger partial charge is 0.493 e. The van der Waals surface area contributed by atoms with Gasteiger partial charge >= 0.3 is 0 Å². The molecule has 0 aliphatic rings. The highest BCUT2D eigenvalue weighted by atomic mass is 35.5. The first-order chi connectivity index (χ1) is 11.0. The van der Waals surface area contributed by atoms with Gasteiger partial charge in [0.15, 0.2) is 11.5 Å². The lowest BCUT2D eigenvalue weighted by atomic mass is 10.1. The van der Waals surface area contributed by atoms with Crippen LogP contribution in [0.2, 0.25) is 5.02 Å². The maximum atomic E-state index is 12.0. The molecular weight excluding hydrogens is 316 g/mol. The van der Waals surface area contributed by atoms with Gasteiger partial charge in [-0.25, -0.2) is 5.43 Å². The highest BCUT2D eigenvalue weighted by Gasteiger charge is 2.08. The molecule has 0 saturated heterocycles. The van der Waals surface area contributed by atoms with Crippen molar-refractivity contribution in [2.75, 3.05) is 14.2 Å². The quantitative estimate of drug-likeness (QED) is 0.673. The minimum absolute atomic E-state index is 0.327. The van der Waals surface area contributed by atoms with Gasteiger partial charge in [0.05, 0.1) is 19.9 Å². The molecule has 1 N–H and O–H groups in total. The number of rotatable bonds is 5. The van der Waals surface area contributed by atoms with E-state index in [1.807, 2.05) is 6.07 Å². The fourth-order valence-electron chi connectivity index (χ4n) is 1.95. The third-order valence-corrected chi connectivity index (χ3v) is 3.45. The lowest BCUT2D eigenvalue weighted by Gasteiger charge is -2.09. The fourth-order valence-corrected chi connectivity index (χ4v) is 2.15. The zero-order valence-electron chi connectivity index (χ0n) is 13.1.